The van der Waals surface area contributed by atoms with Gasteiger partial charge in [-0.25, -0.2) is 9.13 Å². The molecule has 2 unspecified atom stereocenters. The first-order valence-corrected chi connectivity index (χ1v) is 46.1. The lowest BCUT2D eigenvalue weighted by Gasteiger charge is -2.21. The molecule has 0 aromatic heterocycles. The molecule has 606 valence electrons. The molecule has 0 heterocycles. The predicted molar refractivity (Wildman–Crippen MR) is 418 cm³/mol. The molecule has 0 amide bonds. The highest BCUT2D eigenvalue weighted by Gasteiger charge is 2.30. The molecule has 17 nitrogen and oxygen atoms in total. The van der Waals surface area contributed by atoms with Crippen molar-refractivity contribution in [1.29, 1.82) is 0 Å². The maximum absolute atomic E-state index is 13.1. The molecule has 0 rings (SSSR count). The first-order valence-electron chi connectivity index (χ1n) is 43.1. The average Bonchev–Trinajstić information content (AvgIpc) is 0.924. The Morgan fingerprint density at radius 1 is 0.265 bits per heavy atom. The first-order chi connectivity index (χ1) is 49.5. The highest BCUT2D eigenvalue weighted by atomic mass is 31.2. The zero-order valence-corrected chi connectivity index (χ0v) is 68.5. The topological polar surface area (TPSA) is 237 Å². The summed E-state index contributed by atoms with van der Waals surface area (Å²) in [5.41, 5.74) is 0. The number of hydrogen-bond donors (Lipinski definition) is 3. The van der Waals surface area contributed by atoms with Crippen molar-refractivity contribution in [2.75, 3.05) is 39.6 Å². The van der Waals surface area contributed by atoms with Crippen LogP contribution in [0.25, 0.3) is 0 Å². The van der Waals surface area contributed by atoms with Crippen LogP contribution in [0.1, 0.15) is 446 Å². The second-order valence-corrected chi connectivity index (χ2v) is 33.3. The van der Waals surface area contributed by atoms with Crippen molar-refractivity contribution >= 4 is 39.5 Å². The van der Waals surface area contributed by atoms with Crippen LogP contribution in [0.2, 0.25) is 0 Å². The molecule has 0 aliphatic carbocycles. The minimum atomic E-state index is -4.96. The molecule has 102 heavy (non-hydrogen) atoms. The molecule has 0 saturated heterocycles. The van der Waals surface area contributed by atoms with Crippen LogP contribution in [-0.4, -0.2) is 96.7 Å². The number of rotatable bonds is 83. The van der Waals surface area contributed by atoms with Gasteiger partial charge >= 0.3 is 39.5 Å². The summed E-state index contributed by atoms with van der Waals surface area (Å²) >= 11 is 0. The number of carbonyl (C=O) groups excluding carboxylic acids is 4. The van der Waals surface area contributed by atoms with Gasteiger partial charge in [-0.15, -0.1) is 0 Å². The van der Waals surface area contributed by atoms with Crippen molar-refractivity contribution in [3.05, 3.63) is 0 Å². The largest absolute Gasteiger partial charge is 0.472 e. The minimum Gasteiger partial charge on any atom is -0.462 e. The van der Waals surface area contributed by atoms with E-state index in [1.54, 1.807) is 0 Å². The standard InChI is InChI=1S/C83H162O17P2/c1-6-9-12-15-18-21-24-27-29-30-34-38-42-47-52-57-62-67-81(86)94-73-79(100-83(88)69-64-59-54-49-44-39-35-32-31-33-36-40-45-50-55-60-65-76(4)5)75-98-102(91,92)96-71-77(84)70-95-101(89,90)97-74-78(72-93-80(85)66-61-56-51-46-41-26-23-20-17-14-11-8-3)99-82(87)68-63-58-53-48-43-37-28-25-22-19-16-13-10-7-2/h76-79,84H,6-75H2,1-5H3,(H,89,90)(H,91,92)/t77-,78+,79+/m0/s1. The van der Waals surface area contributed by atoms with Crippen molar-refractivity contribution < 1.29 is 80.2 Å². The maximum Gasteiger partial charge on any atom is 0.472 e. The van der Waals surface area contributed by atoms with Crippen LogP contribution in [0, 0.1) is 5.92 Å². The Hall–Kier alpha value is -1.94. The zero-order valence-electron chi connectivity index (χ0n) is 66.8. The van der Waals surface area contributed by atoms with Gasteiger partial charge < -0.3 is 33.8 Å². The molecule has 0 spiro atoms. The van der Waals surface area contributed by atoms with E-state index in [2.05, 4.69) is 34.6 Å². The molecule has 0 aliphatic rings. The molecule has 19 heteroatoms. The fourth-order valence-corrected chi connectivity index (χ4v) is 14.5. The van der Waals surface area contributed by atoms with Gasteiger partial charge in [-0.3, -0.25) is 37.3 Å². The van der Waals surface area contributed by atoms with Crippen molar-refractivity contribution in [2.45, 2.75) is 464 Å². The average molecular weight is 1490 g/mol. The molecular weight excluding hydrogens is 1330 g/mol. The van der Waals surface area contributed by atoms with Gasteiger partial charge in [-0.2, -0.15) is 0 Å². The monoisotopic (exact) mass is 1490 g/mol. The highest BCUT2D eigenvalue weighted by Crippen LogP contribution is 2.45. The van der Waals surface area contributed by atoms with Crippen molar-refractivity contribution in [1.82, 2.24) is 0 Å². The van der Waals surface area contributed by atoms with Crippen LogP contribution in [0.15, 0.2) is 0 Å². The highest BCUT2D eigenvalue weighted by molar-refractivity contribution is 7.47. The van der Waals surface area contributed by atoms with E-state index in [0.717, 1.165) is 95.8 Å². The Morgan fingerprint density at radius 3 is 0.667 bits per heavy atom. The molecule has 0 fully saturated rings. The van der Waals surface area contributed by atoms with Gasteiger partial charge in [-0.1, -0.05) is 394 Å². The normalized spacial score (nSPS) is 13.8. The van der Waals surface area contributed by atoms with E-state index in [1.165, 1.54) is 270 Å². The van der Waals surface area contributed by atoms with Gasteiger partial charge in [0.15, 0.2) is 12.2 Å². The SMILES string of the molecule is CCCCCCCCCCCCCCCCCCCC(=O)OC[C@H](COP(=O)(O)OC[C@@H](O)COP(=O)(O)OC[C@@H](COC(=O)CCCCCCCCCCCCCC)OC(=O)CCCCCCCCCCCCCCCC)OC(=O)CCCCCCCCCCCCCCCCCCC(C)C. The molecule has 0 aromatic carbocycles. The fourth-order valence-electron chi connectivity index (χ4n) is 12.9. The Balaban J connectivity index is 5.25. The number of unbranched alkanes of at least 4 members (excludes halogenated alkanes) is 55. The van der Waals surface area contributed by atoms with Crippen LogP contribution in [0.3, 0.4) is 0 Å². The van der Waals surface area contributed by atoms with E-state index in [0.29, 0.717) is 25.7 Å². The summed E-state index contributed by atoms with van der Waals surface area (Å²) in [5.74, 6) is -1.29. The lowest BCUT2D eigenvalue weighted by Crippen LogP contribution is -2.30. The van der Waals surface area contributed by atoms with Crippen molar-refractivity contribution in [3.8, 4) is 0 Å². The van der Waals surface area contributed by atoms with Crippen LogP contribution >= 0.6 is 15.6 Å². The Kier molecular flexibility index (Phi) is 74.4. The smallest absolute Gasteiger partial charge is 0.462 e. The second kappa shape index (κ2) is 75.9. The van der Waals surface area contributed by atoms with E-state index in [1.807, 2.05) is 0 Å². The molecule has 0 saturated carbocycles. The minimum absolute atomic E-state index is 0.109. The first kappa shape index (κ1) is 100. The number of aliphatic hydroxyl groups excluding tert-OH is 1. The lowest BCUT2D eigenvalue weighted by atomic mass is 10.0. The van der Waals surface area contributed by atoms with Crippen molar-refractivity contribution in [2.24, 2.45) is 5.92 Å². The van der Waals surface area contributed by atoms with Gasteiger partial charge in [-0.05, 0) is 31.6 Å². The van der Waals surface area contributed by atoms with E-state index in [9.17, 15) is 43.2 Å². The van der Waals surface area contributed by atoms with Crippen LogP contribution in [-0.2, 0) is 65.4 Å². The van der Waals surface area contributed by atoms with Crippen molar-refractivity contribution in [3.63, 3.8) is 0 Å². The van der Waals surface area contributed by atoms with Gasteiger partial charge in [0.25, 0.3) is 0 Å². The molecule has 0 aliphatic heterocycles. The van der Waals surface area contributed by atoms with Gasteiger partial charge in [0, 0.05) is 25.7 Å². The second-order valence-electron chi connectivity index (χ2n) is 30.3. The third-order valence-corrected chi connectivity index (χ3v) is 21.4. The number of phosphoric acid groups is 2. The Labute approximate surface area is 626 Å². The quantitative estimate of drug-likeness (QED) is 0.0222. The number of phosphoric ester groups is 2. The van der Waals surface area contributed by atoms with Gasteiger partial charge in [0.05, 0.1) is 26.4 Å². The number of hydrogen-bond acceptors (Lipinski definition) is 15. The number of esters is 4. The molecule has 0 aromatic rings. The third kappa shape index (κ3) is 76.3. The van der Waals surface area contributed by atoms with E-state index in [4.69, 9.17) is 37.0 Å². The van der Waals surface area contributed by atoms with E-state index >= 15 is 0 Å². The summed E-state index contributed by atoms with van der Waals surface area (Å²) in [6.45, 7) is 7.38. The maximum atomic E-state index is 13.1. The Bertz CT molecular complexity index is 1940. The zero-order chi connectivity index (χ0) is 74.8. The number of aliphatic hydroxyl groups is 1. The summed E-state index contributed by atoms with van der Waals surface area (Å²) in [6.07, 6.45) is 67.8. The molecule has 5 atom stereocenters. The Morgan fingerprint density at radius 2 is 0.451 bits per heavy atom. The van der Waals surface area contributed by atoms with Gasteiger partial charge in [0.1, 0.15) is 19.3 Å². The molecule has 0 bridgehead atoms. The van der Waals surface area contributed by atoms with Crippen LogP contribution < -0.4 is 0 Å². The van der Waals surface area contributed by atoms with Crippen LogP contribution in [0.5, 0.6) is 0 Å². The molecule has 0 radical (unpaired) electrons. The van der Waals surface area contributed by atoms with Gasteiger partial charge in [0.2, 0.25) is 0 Å². The summed E-state index contributed by atoms with van der Waals surface area (Å²) < 4.78 is 68.8. The van der Waals surface area contributed by atoms with Crippen LogP contribution in [0.4, 0.5) is 0 Å². The lowest BCUT2D eigenvalue weighted by molar-refractivity contribution is -0.161. The molecular formula is C83H162O17P2. The third-order valence-electron chi connectivity index (χ3n) is 19.5. The number of ether oxygens (including phenoxy) is 4. The van der Waals surface area contributed by atoms with E-state index in [-0.39, 0.29) is 25.7 Å². The predicted octanol–water partition coefficient (Wildman–Crippen LogP) is 25.2. The fraction of sp³-hybridized carbons (Fsp3) is 0.952. The number of carbonyl (C=O) groups is 4. The summed E-state index contributed by atoms with van der Waals surface area (Å²) in [5, 5.41) is 10.7. The summed E-state index contributed by atoms with van der Waals surface area (Å²) in [7, 11) is -9.92. The summed E-state index contributed by atoms with van der Waals surface area (Å²) in [4.78, 5) is 73.1. The van der Waals surface area contributed by atoms with E-state index < -0.39 is 97.5 Å². The molecule has 3 N–H and O–H groups in total. The summed E-state index contributed by atoms with van der Waals surface area (Å²) in [6, 6.07) is 0.